The summed E-state index contributed by atoms with van der Waals surface area (Å²) >= 11 is 0. The van der Waals surface area contributed by atoms with Crippen LogP contribution < -0.4 is 4.74 Å². The van der Waals surface area contributed by atoms with Crippen molar-refractivity contribution in [3.05, 3.63) is 41.5 Å². The summed E-state index contributed by atoms with van der Waals surface area (Å²) in [6.07, 6.45) is -3.80. The van der Waals surface area contributed by atoms with E-state index in [-0.39, 0.29) is 28.2 Å². The molecule has 2 aromatic heterocycles. The molecule has 0 fully saturated rings. The summed E-state index contributed by atoms with van der Waals surface area (Å²) in [5.41, 5.74) is -1.53. The van der Waals surface area contributed by atoms with Crippen LogP contribution in [0.15, 0.2) is 28.8 Å². The van der Waals surface area contributed by atoms with Gasteiger partial charge in [0.15, 0.2) is 29.6 Å². The molecule has 0 aliphatic carbocycles. The highest BCUT2D eigenvalue weighted by molar-refractivity contribution is 5.91. The molecule has 1 aromatic carbocycles. The number of hydrogen-bond donors (Lipinski definition) is 0. The Morgan fingerprint density at radius 2 is 1.96 bits per heavy atom. The lowest BCUT2D eigenvalue weighted by molar-refractivity contribution is -0.140. The molecule has 148 valence electrons. The third-order valence-electron chi connectivity index (χ3n) is 3.59. The fraction of sp³-hybridized carbons (Fsp3) is 0.235. The molecule has 0 aliphatic rings. The van der Waals surface area contributed by atoms with Crippen molar-refractivity contribution in [1.29, 1.82) is 0 Å². The van der Waals surface area contributed by atoms with Gasteiger partial charge < -0.3 is 18.6 Å². The van der Waals surface area contributed by atoms with Crippen LogP contribution in [-0.4, -0.2) is 36.9 Å². The van der Waals surface area contributed by atoms with Gasteiger partial charge in [0.25, 0.3) is 0 Å². The van der Waals surface area contributed by atoms with E-state index in [1.54, 1.807) is 0 Å². The van der Waals surface area contributed by atoms with Crippen molar-refractivity contribution in [2.45, 2.75) is 6.18 Å². The molecule has 3 rings (SSSR count). The zero-order chi connectivity index (χ0) is 20.5. The zero-order valence-corrected chi connectivity index (χ0v) is 14.5. The van der Waals surface area contributed by atoms with E-state index in [4.69, 9.17) is 9.15 Å². The average Bonchev–Trinajstić information content (AvgIpc) is 3.08. The van der Waals surface area contributed by atoms with Crippen LogP contribution >= 0.6 is 0 Å². The highest BCUT2D eigenvalue weighted by Gasteiger charge is 2.36. The quantitative estimate of drug-likeness (QED) is 0.366. The highest BCUT2D eigenvalue weighted by atomic mass is 19.4. The molecule has 0 saturated heterocycles. The summed E-state index contributed by atoms with van der Waals surface area (Å²) in [6.45, 7) is -0.461. The normalized spacial score (nSPS) is 11.6. The summed E-state index contributed by atoms with van der Waals surface area (Å²) in [6, 6.07) is 2.81. The summed E-state index contributed by atoms with van der Waals surface area (Å²) in [7, 11) is 2.40. The van der Waals surface area contributed by atoms with Gasteiger partial charge in [-0.2, -0.15) is 13.2 Å². The fourth-order valence-corrected chi connectivity index (χ4v) is 2.33. The predicted octanol–water partition coefficient (Wildman–Crippen LogP) is 3.82. The Morgan fingerprint density at radius 1 is 1.21 bits per heavy atom. The number of aromatic nitrogens is 2. The van der Waals surface area contributed by atoms with Crippen LogP contribution in [0.5, 0.6) is 5.75 Å². The minimum atomic E-state index is -4.98. The minimum Gasteiger partial charge on any atom is -0.464 e. The number of halogens is 4. The molecule has 0 atom stereocenters. The topological polar surface area (TPSA) is 83.7 Å². The second kappa shape index (κ2) is 7.43. The number of carbonyl (C=O) groups is 1. The standard InChI is InChI=1S/C17H12F4N2O5/c1-25-7-27-12-4-8(3-9(14(12)18)17(19,20)21)15-23-10-5-11(16(24)26-2)22-6-13(10)28-15/h3-6H,7H2,1-2H3. The molecule has 7 nitrogen and oxygen atoms in total. The Kier molecular flexibility index (Phi) is 5.18. The molecule has 0 bridgehead atoms. The zero-order valence-electron chi connectivity index (χ0n) is 14.5. The first-order chi connectivity index (χ1) is 13.2. The third kappa shape index (κ3) is 3.74. The maximum Gasteiger partial charge on any atom is 0.419 e. The van der Waals surface area contributed by atoms with Gasteiger partial charge in [-0.05, 0) is 12.1 Å². The van der Waals surface area contributed by atoms with Crippen molar-refractivity contribution >= 4 is 17.1 Å². The number of alkyl halides is 3. The fourth-order valence-electron chi connectivity index (χ4n) is 2.33. The van der Waals surface area contributed by atoms with Crippen LogP contribution in [0.25, 0.3) is 22.6 Å². The summed E-state index contributed by atoms with van der Waals surface area (Å²) in [5.74, 6) is -3.23. The van der Waals surface area contributed by atoms with Crippen molar-refractivity contribution in [1.82, 2.24) is 9.97 Å². The Hall–Kier alpha value is -3.21. The van der Waals surface area contributed by atoms with E-state index in [9.17, 15) is 22.4 Å². The molecule has 11 heteroatoms. The highest BCUT2D eigenvalue weighted by Crippen LogP contribution is 2.39. The first-order valence-electron chi connectivity index (χ1n) is 7.62. The van der Waals surface area contributed by atoms with E-state index in [0.29, 0.717) is 6.07 Å². The van der Waals surface area contributed by atoms with Gasteiger partial charge in [0.05, 0.1) is 18.9 Å². The summed E-state index contributed by atoms with van der Waals surface area (Å²) in [4.78, 5) is 19.4. The van der Waals surface area contributed by atoms with Gasteiger partial charge in [0, 0.05) is 18.7 Å². The molecule has 0 saturated carbocycles. The third-order valence-corrected chi connectivity index (χ3v) is 3.59. The van der Waals surface area contributed by atoms with Gasteiger partial charge in [-0.1, -0.05) is 0 Å². The van der Waals surface area contributed by atoms with E-state index >= 15 is 0 Å². The van der Waals surface area contributed by atoms with Gasteiger partial charge in [-0.25, -0.2) is 19.2 Å². The number of hydrogen-bond acceptors (Lipinski definition) is 7. The molecule has 0 N–H and O–H groups in total. The van der Waals surface area contributed by atoms with Crippen molar-refractivity contribution in [3.8, 4) is 17.2 Å². The number of rotatable bonds is 5. The van der Waals surface area contributed by atoms with E-state index < -0.39 is 36.1 Å². The number of oxazole rings is 1. The maximum atomic E-state index is 14.2. The second-order valence-corrected chi connectivity index (χ2v) is 5.43. The van der Waals surface area contributed by atoms with Gasteiger partial charge >= 0.3 is 12.1 Å². The van der Waals surface area contributed by atoms with Crippen LogP contribution in [-0.2, 0) is 15.7 Å². The molecule has 0 amide bonds. The minimum absolute atomic E-state index is 0.0611. The Bertz CT molecular complexity index is 1030. The summed E-state index contributed by atoms with van der Waals surface area (Å²) < 4.78 is 73.2. The van der Waals surface area contributed by atoms with Crippen LogP contribution in [0.1, 0.15) is 16.1 Å². The molecule has 3 aromatic rings. The van der Waals surface area contributed by atoms with Crippen LogP contribution in [0.4, 0.5) is 17.6 Å². The van der Waals surface area contributed by atoms with E-state index in [1.807, 2.05) is 0 Å². The smallest absolute Gasteiger partial charge is 0.419 e. The number of ether oxygens (including phenoxy) is 3. The van der Waals surface area contributed by atoms with Gasteiger partial charge in [-0.3, -0.25) is 0 Å². The number of esters is 1. The molecule has 2 heterocycles. The van der Waals surface area contributed by atoms with Gasteiger partial charge in [0.1, 0.15) is 5.52 Å². The lowest BCUT2D eigenvalue weighted by Crippen LogP contribution is -2.11. The first kappa shape index (κ1) is 19.5. The Labute approximate surface area is 154 Å². The molecule has 0 unspecified atom stereocenters. The summed E-state index contributed by atoms with van der Waals surface area (Å²) in [5, 5.41) is 0. The number of carbonyl (C=O) groups excluding carboxylic acids is 1. The molecular weight excluding hydrogens is 388 g/mol. The first-order valence-corrected chi connectivity index (χ1v) is 7.62. The predicted molar refractivity (Wildman–Crippen MR) is 86.0 cm³/mol. The van der Waals surface area contributed by atoms with Crippen LogP contribution in [0, 0.1) is 5.82 Å². The van der Waals surface area contributed by atoms with Gasteiger partial charge in [0.2, 0.25) is 5.89 Å². The molecule has 0 aliphatic heterocycles. The van der Waals surface area contributed by atoms with Crippen LogP contribution in [0.3, 0.4) is 0 Å². The number of pyridine rings is 1. The van der Waals surface area contributed by atoms with Crippen LogP contribution in [0.2, 0.25) is 0 Å². The number of methoxy groups -OCH3 is 2. The van der Waals surface area contributed by atoms with Gasteiger partial charge in [-0.15, -0.1) is 0 Å². The van der Waals surface area contributed by atoms with E-state index in [1.165, 1.54) is 26.5 Å². The van der Waals surface area contributed by atoms with E-state index in [2.05, 4.69) is 19.4 Å². The lowest BCUT2D eigenvalue weighted by atomic mass is 10.1. The SMILES string of the molecule is COCOc1cc(-c2nc3cc(C(=O)OC)ncc3o2)cc(C(F)(F)F)c1F. The number of benzene rings is 1. The van der Waals surface area contributed by atoms with Crippen molar-refractivity contribution in [2.75, 3.05) is 21.0 Å². The molecular formula is C17H12F4N2O5. The number of fused-ring (bicyclic) bond motifs is 1. The Balaban J connectivity index is 2.12. The van der Waals surface area contributed by atoms with E-state index in [0.717, 1.165) is 6.07 Å². The lowest BCUT2D eigenvalue weighted by Gasteiger charge is -2.13. The van der Waals surface area contributed by atoms with Crippen molar-refractivity contribution in [2.24, 2.45) is 0 Å². The second-order valence-electron chi connectivity index (χ2n) is 5.43. The maximum absolute atomic E-state index is 14.2. The Morgan fingerprint density at radius 3 is 2.61 bits per heavy atom. The number of nitrogens with zero attached hydrogens (tertiary/aromatic N) is 2. The largest absolute Gasteiger partial charge is 0.464 e. The molecule has 0 spiro atoms. The molecule has 0 radical (unpaired) electrons. The van der Waals surface area contributed by atoms with Crippen molar-refractivity contribution < 1.29 is 41.0 Å². The average molecular weight is 400 g/mol. The molecule has 28 heavy (non-hydrogen) atoms. The monoisotopic (exact) mass is 400 g/mol. The van der Waals surface area contributed by atoms with Crippen molar-refractivity contribution in [3.63, 3.8) is 0 Å².